The molecule has 3 rings (SSSR count). The van der Waals surface area contributed by atoms with Gasteiger partial charge in [0, 0.05) is 17.2 Å². The SMILES string of the molecule is NC(=O)c1cccc(Cn2cnc(OCc3ccc(F)cc3F)c(Br)c2=O)c1. The summed E-state index contributed by atoms with van der Waals surface area (Å²) in [4.78, 5) is 27.8. The van der Waals surface area contributed by atoms with Crippen molar-refractivity contribution >= 4 is 21.8 Å². The van der Waals surface area contributed by atoms with Gasteiger partial charge in [-0.1, -0.05) is 12.1 Å². The number of ether oxygens (including phenoxy) is 1. The second-order valence-corrected chi connectivity index (χ2v) is 6.68. The molecule has 2 aromatic carbocycles. The maximum Gasteiger partial charge on any atom is 0.271 e. The average Bonchev–Trinajstić information content (AvgIpc) is 2.66. The molecule has 0 spiro atoms. The first kappa shape index (κ1) is 19.7. The molecule has 6 nitrogen and oxygen atoms in total. The van der Waals surface area contributed by atoms with Crippen molar-refractivity contribution in [2.24, 2.45) is 5.73 Å². The van der Waals surface area contributed by atoms with Crippen LogP contribution in [0.2, 0.25) is 0 Å². The molecule has 1 amide bonds. The Morgan fingerprint density at radius 1 is 1.21 bits per heavy atom. The molecular weight excluding hydrogens is 436 g/mol. The summed E-state index contributed by atoms with van der Waals surface area (Å²) in [5, 5.41) is 0. The first-order valence-corrected chi connectivity index (χ1v) is 8.85. The van der Waals surface area contributed by atoms with Gasteiger partial charge in [0.2, 0.25) is 11.8 Å². The van der Waals surface area contributed by atoms with E-state index in [-0.39, 0.29) is 29.1 Å². The van der Waals surface area contributed by atoms with E-state index in [1.165, 1.54) is 17.0 Å². The van der Waals surface area contributed by atoms with E-state index < -0.39 is 23.1 Å². The van der Waals surface area contributed by atoms with Gasteiger partial charge >= 0.3 is 0 Å². The normalized spacial score (nSPS) is 10.7. The van der Waals surface area contributed by atoms with E-state index in [2.05, 4.69) is 20.9 Å². The average molecular weight is 450 g/mol. The lowest BCUT2D eigenvalue weighted by molar-refractivity contribution is 0.1000. The van der Waals surface area contributed by atoms with E-state index >= 15 is 0 Å². The molecule has 144 valence electrons. The third-order valence-corrected chi connectivity index (χ3v) is 4.57. The predicted octanol–water partition coefficient (Wildman–Crippen LogP) is 3.01. The van der Waals surface area contributed by atoms with Crippen LogP contribution in [0.15, 0.2) is 58.1 Å². The zero-order chi connectivity index (χ0) is 20.3. The van der Waals surface area contributed by atoms with E-state index in [9.17, 15) is 18.4 Å². The maximum atomic E-state index is 13.7. The van der Waals surface area contributed by atoms with Crippen molar-refractivity contribution in [1.82, 2.24) is 9.55 Å². The molecule has 0 atom stereocenters. The molecule has 0 fully saturated rings. The Bertz CT molecular complexity index is 1100. The number of hydrogen-bond acceptors (Lipinski definition) is 4. The third kappa shape index (κ3) is 4.42. The van der Waals surface area contributed by atoms with Gasteiger partial charge in [0.1, 0.15) is 29.0 Å². The summed E-state index contributed by atoms with van der Waals surface area (Å²) < 4.78 is 33.4. The molecule has 0 aliphatic carbocycles. The number of nitrogens with zero attached hydrogens (tertiary/aromatic N) is 2. The van der Waals surface area contributed by atoms with Crippen molar-refractivity contribution in [1.29, 1.82) is 0 Å². The summed E-state index contributed by atoms with van der Waals surface area (Å²) in [7, 11) is 0. The Morgan fingerprint density at radius 2 is 2.00 bits per heavy atom. The Labute approximate surface area is 166 Å². The van der Waals surface area contributed by atoms with Crippen LogP contribution < -0.4 is 16.0 Å². The minimum absolute atomic E-state index is 0.0177. The maximum absolute atomic E-state index is 13.7. The second kappa shape index (κ2) is 8.30. The predicted molar refractivity (Wildman–Crippen MR) is 101 cm³/mol. The van der Waals surface area contributed by atoms with Gasteiger partial charge in [0.15, 0.2) is 0 Å². The van der Waals surface area contributed by atoms with Crippen LogP contribution in [-0.4, -0.2) is 15.5 Å². The molecule has 0 radical (unpaired) electrons. The Morgan fingerprint density at radius 3 is 2.71 bits per heavy atom. The Balaban J connectivity index is 1.78. The third-order valence-electron chi connectivity index (χ3n) is 3.89. The topological polar surface area (TPSA) is 87.2 Å². The van der Waals surface area contributed by atoms with Crippen LogP contribution in [0, 0.1) is 11.6 Å². The summed E-state index contributed by atoms with van der Waals surface area (Å²) in [5.41, 5.74) is 5.99. The summed E-state index contributed by atoms with van der Waals surface area (Å²) in [5.74, 6) is -2.02. The molecule has 2 N–H and O–H groups in total. The van der Waals surface area contributed by atoms with Crippen LogP contribution in [0.5, 0.6) is 5.88 Å². The van der Waals surface area contributed by atoms with Gasteiger partial charge in [-0.2, -0.15) is 0 Å². The number of nitrogens with two attached hydrogens (primary N) is 1. The number of primary amides is 1. The van der Waals surface area contributed by atoms with E-state index in [1.807, 2.05) is 0 Å². The van der Waals surface area contributed by atoms with E-state index in [1.54, 1.807) is 24.3 Å². The van der Waals surface area contributed by atoms with Gasteiger partial charge in [-0.15, -0.1) is 0 Å². The first-order valence-electron chi connectivity index (χ1n) is 8.05. The molecular formula is C19H14BrF2N3O3. The number of rotatable bonds is 6. The highest BCUT2D eigenvalue weighted by Crippen LogP contribution is 2.20. The van der Waals surface area contributed by atoms with Crippen LogP contribution in [0.1, 0.15) is 21.5 Å². The van der Waals surface area contributed by atoms with Crippen LogP contribution in [-0.2, 0) is 13.2 Å². The van der Waals surface area contributed by atoms with Crippen LogP contribution in [0.3, 0.4) is 0 Å². The second-order valence-electron chi connectivity index (χ2n) is 5.89. The van der Waals surface area contributed by atoms with Crippen LogP contribution >= 0.6 is 15.9 Å². The molecule has 0 aliphatic heterocycles. The van der Waals surface area contributed by atoms with Crippen LogP contribution in [0.4, 0.5) is 8.78 Å². The van der Waals surface area contributed by atoms with E-state index in [4.69, 9.17) is 10.5 Å². The summed E-state index contributed by atoms with van der Waals surface area (Å²) in [6.07, 6.45) is 1.28. The minimum Gasteiger partial charge on any atom is -0.472 e. The van der Waals surface area contributed by atoms with Gasteiger partial charge in [0.25, 0.3) is 5.56 Å². The van der Waals surface area contributed by atoms with E-state index in [0.717, 1.165) is 12.1 Å². The first-order chi connectivity index (χ1) is 13.3. The number of hydrogen-bond donors (Lipinski definition) is 1. The molecule has 0 aliphatic rings. The lowest BCUT2D eigenvalue weighted by atomic mass is 10.1. The zero-order valence-corrected chi connectivity index (χ0v) is 15.9. The fourth-order valence-corrected chi connectivity index (χ4v) is 2.91. The van der Waals surface area contributed by atoms with Crippen molar-refractivity contribution < 1.29 is 18.3 Å². The van der Waals surface area contributed by atoms with Gasteiger partial charge in [-0.3, -0.25) is 14.2 Å². The largest absolute Gasteiger partial charge is 0.472 e. The highest BCUT2D eigenvalue weighted by atomic mass is 79.9. The lowest BCUT2D eigenvalue weighted by Crippen LogP contribution is -2.23. The van der Waals surface area contributed by atoms with Gasteiger partial charge in [0.05, 0.1) is 6.54 Å². The minimum atomic E-state index is -0.751. The summed E-state index contributed by atoms with van der Waals surface area (Å²) >= 11 is 3.14. The molecule has 3 aromatic rings. The zero-order valence-electron chi connectivity index (χ0n) is 14.4. The number of carbonyl (C=O) groups is 1. The van der Waals surface area contributed by atoms with Crippen LogP contribution in [0.25, 0.3) is 0 Å². The van der Waals surface area contributed by atoms with E-state index in [0.29, 0.717) is 11.1 Å². The highest BCUT2D eigenvalue weighted by Gasteiger charge is 2.13. The summed E-state index contributed by atoms with van der Waals surface area (Å²) in [6, 6.07) is 9.69. The highest BCUT2D eigenvalue weighted by molar-refractivity contribution is 9.10. The quantitative estimate of drug-likeness (QED) is 0.626. The van der Waals surface area contributed by atoms with Crippen molar-refractivity contribution in [3.63, 3.8) is 0 Å². The molecule has 0 saturated carbocycles. The number of aromatic nitrogens is 2. The molecule has 28 heavy (non-hydrogen) atoms. The smallest absolute Gasteiger partial charge is 0.271 e. The van der Waals surface area contributed by atoms with Crippen molar-refractivity contribution in [2.75, 3.05) is 0 Å². The van der Waals surface area contributed by atoms with Crippen molar-refractivity contribution in [2.45, 2.75) is 13.2 Å². The Kier molecular flexibility index (Phi) is 5.84. The number of benzene rings is 2. The standard InChI is InChI=1S/C19H14BrF2N3O3/c20-16-18(28-9-13-4-5-14(21)7-15(13)22)24-10-25(19(16)27)8-11-2-1-3-12(6-11)17(23)26/h1-7,10H,8-9H2,(H2,23,26). The number of halogens is 3. The molecule has 0 saturated heterocycles. The molecule has 1 aromatic heterocycles. The number of amides is 1. The molecule has 0 unspecified atom stereocenters. The monoisotopic (exact) mass is 449 g/mol. The van der Waals surface area contributed by atoms with Crippen molar-refractivity contribution in [3.8, 4) is 5.88 Å². The molecule has 1 heterocycles. The van der Waals surface area contributed by atoms with Crippen molar-refractivity contribution in [3.05, 3.63) is 91.9 Å². The molecule has 9 heteroatoms. The summed E-state index contributed by atoms with van der Waals surface area (Å²) in [6.45, 7) is -0.0553. The fourth-order valence-electron chi connectivity index (χ4n) is 2.47. The number of carbonyl (C=O) groups excluding carboxylic acids is 1. The lowest BCUT2D eigenvalue weighted by Gasteiger charge is -2.11. The van der Waals surface area contributed by atoms with Gasteiger partial charge in [-0.05, 0) is 45.8 Å². The van der Waals surface area contributed by atoms with Gasteiger partial charge < -0.3 is 10.5 Å². The van der Waals surface area contributed by atoms with Gasteiger partial charge in [-0.25, -0.2) is 13.8 Å². The molecule has 0 bridgehead atoms. The Hall–Kier alpha value is -3.07. The fraction of sp³-hybridized carbons (Fsp3) is 0.105.